The van der Waals surface area contributed by atoms with E-state index >= 15 is 0 Å². The second-order valence-corrected chi connectivity index (χ2v) is 7.50. The normalized spacial score (nSPS) is 23.9. The molecular formula is C14H24N2O3S. The van der Waals surface area contributed by atoms with Crippen molar-refractivity contribution in [3.63, 3.8) is 0 Å². The summed E-state index contributed by atoms with van der Waals surface area (Å²) in [6.07, 6.45) is 5.20. The summed E-state index contributed by atoms with van der Waals surface area (Å²) < 4.78 is 30.7. The summed E-state index contributed by atoms with van der Waals surface area (Å²) >= 11 is 0. The second kappa shape index (κ2) is 6.74. The average Bonchev–Trinajstić information content (AvgIpc) is 2.91. The molecule has 0 aromatic carbocycles. The average molecular weight is 300 g/mol. The third-order valence-corrected chi connectivity index (χ3v) is 5.32. The van der Waals surface area contributed by atoms with Crippen molar-refractivity contribution in [1.29, 1.82) is 0 Å². The Hall–Kier alpha value is -0.850. The third kappa shape index (κ3) is 4.07. The van der Waals surface area contributed by atoms with E-state index in [2.05, 4.69) is 17.0 Å². The number of rotatable bonds is 6. The maximum absolute atomic E-state index is 11.5. The van der Waals surface area contributed by atoms with Crippen molar-refractivity contribution in [3.8, 4) is 0 Å². The topological polar surface area (TPSA) is 71.3 Å². The van der Waals surface area contributed by atoms with Crippen molar-refractivity contribution in [2.75, 3.05) is 13.6 Å². The smallest absolute Gasteiger partial charge is 0.273 e. The molecule has 0 amide bonds. The van der Waals surface area contributed by atoms with Crippen LogP contribution in [0.1, 0.15) is 38.4 Å². The predicted octanol–water partition coefficient (Wildman–Crippen LogP) is 2.10. The van der Waals surface area contributed by atoms with Crippen molar-refractivity contribution in [2.24, 2.45) is 11.8 Å². The minimum absolute atomic E-state index is 0.0247. The molecule has 2 N–H and O–H groups in total. The first-order valence-electron chi connectivity index (χ1n) is 7.24. The van der Waals surface area contributed by atoms with Gasteiger partial charge in [0.25, 0.3) is 10.0 Å². The molecule has 0 bridgehead atoms. The lowest BCUT2D eigenvalue weighted by atomic mass is 9.83. The number of furan rings is 1. The summed E-state index contributed by atoms with van der Waals surface area (Å²) in [4.78, 5) is 0. The Morgan fingerprint density at radius 3 is 2.60 bits per heavy atom. The van der Waals surface area contributed by atoms with Crippen LogP contribution in [0.5, 0.6) is 0 Å². The van der Waals surface area contributed by atoms with Crippen molar-refractivity contribution in [1.82, 2.24) is 10.0 Å². The molecule has 1 fully saturated rings. The van der Waals surface area contributed by atoms with Crippen LogP contribution >= 0.6 is 0 Å². The number of hydrogen-bond acceptors (Lipinski definition) is 4. The zero-order valence-corrected chi connectivity index (χ0v) is 13.0. The van der Waals surface area contributed by atoms with Gasteiger partial charge in [0.15, 0.2) is 0 Å². The fraction of sp³-hybridized carbons (Fsp3) is 0.714. The molecule has 0 saturated heterocycles. The maximum Gasteiger partial charge on any atom is 0.273 e. The summed E-state index contributed by atoms with van der Waals surface area (Å²) in [5.41, 5.74) is 0. The van der Waals surface area contributed by atoms with E-state index in [0.717, 1.165) is 18.4 Å². The first kappa shape index (κ1) is 15.5. The lowest BCUT2D eigenvalue weighted by Gasteiger charge is -2.26. The number of hydrogen-bond donors (Lipinski definition) is 2. The maximum atomic E-state index is 11.5. The molecule has 6 heteroatoms. The van der Waals surface area contributed by atoms with Gasteiger partial charge in [-0.05, 0) is 50.4 Å². The predicted molar refractivity (Wildman–Crippen MR) is 77.8 cm³/mol. The van der Waals surface area contributed by atoms with E-state index in [1.165, 1.54) is 38.8 Å². The van der Waals surface area contributed by atoms with Crippen LogP contribution in [0.4, 0.5) is 0 Å². The molecule has 0 unspecified atom stereocenters. The van der Waals surface area contributed by atoms with E-state index in [4.69, 9.17) is 4.42 Å². The Balaban J connectivity index is 1.77. The van der Waals surface area contributed by atoms with Gasteiger partial charge in [-0.1, -0.05) is 19.8 Å². The van der Waals surface area contributed by atoms with Crippen LogP contribution in [-0.4, -0.2) is 22.0 Å². The molecule has 114 valence electrons. The fourth-order valence-electron chi connectivity index (χ4n) is 2.63. The Labute approximate surface area is 121 Å². The van der Waals surface area contributed by atoms with Crippen LogP contribution in [0.15, 0.2) is 21.6 Å². The molecule has 0 aliphatic heterocycles. The zero-order chi connectivity index (χ0) is 14.6. The molecule has 0 spiro atoms. The minimum Gasteiger partial charge on any atom is -0.447 e. The van der Waals surface area contributed by atoms with E-state index in [1.54, 1.807) is 6.07 Å². The monoisotopic (exact) mass is 300 g/mol. The summed E-state index contributed by atoms with van der Waals surface area (Å²) in [6.45, 7) is 3.86. The molecular weight excluding hydrogens is 276 g/mol. The molecule has 1 aromatic heterocycles. The van der Waals surface area contributed by atoms with Gasteiger partial charge in [-0.15, -0.1) is 0 Å². The molecule has 1 heterocycles. The molecule has 20 heavy (non-hydrogen) atoms. The molecule has 1 aliphatic rings. The lowest BCUT2D eigenvalue weighted by Crippen LogP contribution is -2.25. The Morgan fingerprint density at radius 1 is 1.25 bits per heavy atom. The molecule has 0 radical (unpaired) electrons. The Morgan fingerprint density at radius 2 is 1.95 bits per heavy atom. The SMILES string of the molecule is CNS(=O)(=O)c1ccc(CNCC2CCC(C)CC2)o1. The highest BCUT2D eigenvalue weighted by Crippen LogP contribution is 2.27. The standard InChI is InChI=1S/C14H24N2O3S/c1-11-3-5-12(6-4-11)9-16-10-13-7-8-14(19-13)20(17,18)15-2/h7-8,11-12,15-16H,3-6,9-10H2,1-2H3. The molecule has 1 aliphatic carbocycles. The van der Waals surface area contributed by atoms with Crippen molar-refractivity contribution < 1.29 is 12.8 Å². The van der Waals surface area contributed by atoms with Gasteiger partial charge < -0.3 is 9.73 Å². The van der Waals surface area contributed by atoms with Crippen molar-refractivity contribution in [3.05, 3.63) is 17.9 Å². The quantitative estimate of drug-likeness (QED) is 0.844. The lowest BCUT2D eigenvalue weighted by molar-refractivity contribution is 0.278. The van der Waals surface area contributed by atoms with Gasteiger partial charge in [0, 0.05) is 0 Å². The first-order chi connectivity index (χ1) is 9.51. The van der Waals surface area contributed by atoms with Crippen molar-refractivity contribution >= 4 is 10.0 Å². The van der Waals surface area contributed by atoms with Crippen LogP contribution < -0.4 is 10.0 Å². The second-order valence-electron chi connectivity index (χ2n) is 5.69. The highest BCUT2D eigenvalue weighted by atomic mass is 32.2. The fourth-order valence-corrected chi connectivity index (χ4v) is 3.30. The van der Waals surface area contributed by atoms with E-state index in [1.807, 2.05) is 0 Å². The van der Waals surface area contributed by atoms with Gasteiger partial charge >= 0.3 is 0 Å². The Kier molecular flexibility index (Phi) is 5.23. The van der Waals surface area contributed by atoms with Gasteiger partial charge in [0.05, 0.1) is 6.54 Å². The molecule has 1 saturated carbocycles. The number of nitrogens with one attached hydrogen (secondary N) is 2. The summed E-state index contributed by atoms with van der Waals surface area (Å²) in [6, 6.07) is 3.20. The van der Waals surface area contributed by atoms with E-state index in [-0.39, 0.29) is 5.09 Å². The van der Waals surface area contributed by atoms with Crippen LogP contribution in [0, 0.1) is 11.8 Å². The number of sulfonamides is 1. The molecule has 5 nitrogen and oxygen atoms in total. The van der Waals surface area contributed by atoms with Crippen LogP contribution in [0.3, 0.4) is 0 Å². The summed E-state index contributed by atoms with van der Waals surface area (Å²) in [7, 11) is -2.10. The Bertz CT molecular complexity index is 516. The van der Waals surface area contributed by atoms with Crippen LogP contribution in [-0.2, 0) is 16.6 Å². The molecule has 1 aromatic rings. The van der Waals surface area contributed by atoms with Gasteiger partial charge in [-0.25, -0.2) is 13.1 Å². The van der Waals surface area contributed by atoms with Gasteiger partial charge in [0.1, 0.15) is 5.76 Å². The van der Waals surface area contributed by atoms with Gasteiger partial charge in [0.2, 0.25) is 5.09 Å². The van der Waals surface area contributed by atoms with Gasteiger partial charge in [-0.3, -0.25) is 0 Å². The molecule has 2 rings (SSSR count). The zero-order valence-electron chi connectivity index (χ0n) is 12.2. The summed E-state index contributed by atoms with van der Waals surface area (Å²) in [5.74, 6) is 2.26. The van der Waals surface area contributed by atoms with Gasteiger partial charge in [-0.2, -0.15) is 0 Å². The largest absolute Gasteiger partial charge is 0.447 e. The molecule has 0 atom stereocenters. The van der Waals surface area contributed by atoms with E-state index < -0.39 is 10.0 Å². The first-order valence-corrected chi connectivity index (χ1v) is 8.72. The minimum atomic E-state index is -3.47. The third-order valence-electron chi connectivity index (χ3n) is 4.04. The highest BCUT2D eigenvalue weighted by Gasteiger charge is 2.18. The van der Waals surface area contributed by atoms with Crippen LogP contribution in [0.25, 0.3) is 0 Å². The summed E-state index contributed by atoms with van der Waals surface area (Å²) in [5, 5.41) is 3.34. The van der Waals surface area contributed by atoms with E-state index in [9.17, 15) is 8.42 Å². The highest BCUT2D eigenvalue weighted by molar-refractivity contribution is 7.89. The van der Waals surface area contributed by atoms with E-state index in [0.29, 0.717) is 12.3 Å². The van der Waals surface area contributed by atoms with Crippen LogP contribution in [0.2, 0.25) is 0 Å². The van der Waals surface area contributed by atoms with Crippen molar-refractivity contribution in [2.45, 2.75) is 44.2 Å².